The third kappa shape index (κ3) is 3.33. The molecule has 0 bridgehead atoms. The van der Waals surface area contributed by atoms with Crippen LogP contribution in [-0.2, 0) is 0 Å². The summed E-state index contributed by atoms with van der Waals surface area (Å²) in [7, 11) is 0. The molecule has 0 atom stereocenters. The second-order valence-corrected chi connectivity index (χ2v) is 6.31. The van der Waals surface area contributed by atoms with Crippen LogP contribution in [0.2, 0.25) is 0 Å². The van der Waals surface area contributed by atoms with Crippen molar-refractivity contribution >= 4 is 23.5 Å². The van der Waals surface area contributed by atoms with Gasteiger partial charge < -0.3 is 4.42 Å². The summed E-state index contributed by atoms with van der Waals surface area (Å²) in [5, 5.41) is 10.5. The molecule has 1 N–H and O–H groups in total. The van der Waals surface area contributed by atoms with Crippen LogP contribution in [0.5, 0.6) is 0 Å². The molecule has 0 fully saturated rings. The van der Waals surface area contributed by atoms with E-state index >= 15 is 0 Å². The molecule has 3 aromatic heterocycles. The fourth-order valence-corrected chi connectivity index (χ4v) is 3.04. The number of rotatable bonds is 5. The van der Waals surface area contributed by atoms with Gasteiger partial charge in [-0.15, -0.1) is 11.3 Å². The maximum absolute atomic E-state index is 12.0. The second-order valence-electron chi connectivity index (χ2n) is 5.37. The lowest BCUT2D eigenvalue weighted by Gasteiger charge is -1.98. The number of amides is 1. The summed E-state index contributed by atoms with van der Waals surface area (Å²) in [4.78, 5) is 12.6. The topological polar surface area (TPSA) is 72.4 Å². The number of benzene rings is 1. The first-order chi connectivity index (χ1) is 12.8. The zero-order valence-corrected chi connectivity index (χ0v) is 14.4. The molecule has 26 heavy (non-hydrogen) atoms. The third-order valence-electron chi connectivity index (χ3n) is 3.63. The summed E-state index contributed by atoms with van der Waals surface area (Å²) in [6, 6.07) is 17.0. The predicted molar refractivity (Wildman–Crippen MR) is 101 cm³/mol. The zero-order chi connectivity index (χ0) is 17.8. The largest absolute Gasteiger partial charge is 0.463 e. The summed E-state index contributed by atoms with van der Waals surface area (Å²) >= 11 is 1.36. The molecule has 1 amide bonds. The fourth-order valence-electron chi connectivity index (χ4n) is 2.42. The van der Waals surface area contributed by atoms with Gasteiger partial charge in [-0.3, -0.25) is 4.79 Å². The minimum absolute atomic E-state index is 0.244. The van der Waals surface area contributed by atoms with Crippen molar-refractivity contribution < 1.29 is 9.21 Å². The van der Waals surface area contributed by atoms with Gasteiger partial charge in [0.05, 0.1) is 23.0 Å². The van der Waals surface area contributed by atoms with Gasteiger partial charge >= 0.3 is 0 Å². The molecular weight excluding hydrogens is 348 g/mol. The number of carbonyl (C=O) groups excluding carboxylic acids is 1. The Hall–Kier alpha value is -3.45. The molecule has 0 aliphatic heterocycles. The summed E-state index contributed by atoms with van der Waals surface area (Å²) in [5.41, 5.74) is 4.83. The van der Waals surface area contributed by atoms with Gasteiger partial charge in [-0.2, -0.15) is 10.2 Å². The fraction of sp³-hybridized carbons (Fsp3) is 0. The van der Waals surface area contributed by atoms with E-state index in [1.807, 2.05) is 54.0 Å². The first-order valence-corrected chi connectivity index (χ1v) is 8.75. The molecule has 4 aromatic rings. The smallest absolute Gasteiger partial charge is 0.281 e. The lowest BCUT2D eigenvalue weighted by Crippen LogP contribution is -2.16. The van der Waals surface area contributed by atoms with Crippen LogP contribution in [-0.4, -0.2) is 21.9 Å². The predicted octanol–water partition coefficient (Wildman–Crippen LogP) is 3.96. The number of para-hydroxylation sites is 1. The molecule has 3 heterocycles. The third-order valence-corrected chi connectivity index (χ3v) is 4.50. The van der Waals surface area contributed by atoms with Gasteiger partial charge in [0, 0.05) is 11.8 Å². The van der Waals surface area contributed by atoms with Gasteiger partial charge in [-0.05, 0) is 35.7 Å². The Morgan fingerprint density at radius 1 is 1.15 bits per heavy atom. The van der Waals surface area contributed by atoms with Gasteiger partial charge in [0.25, 0.3) is 5.91 Å². The molecule has 0 radical (unpaired) electrons. The molecule has 0 saturated heterocycles. The molecule has 0 aliphatic rings. The van der Waals surface area contributed by atoms with Crippen molar-refractivity contribution in [3.63, 3.8) is 0 Å². The number of thiophene rings is 1. The molecule has 0 saturated carbocycles. The van der Waals surface area contributed by atoms with E-state index < -0.39 is 0 Å². The summed E-state index contributed by atoms with van der Waals surface area (Å²) in [6.07, 6.45) is 5.00. The molecule has 128 valence electrons. The first kappa shape index (κ1) is 16.0. The zero-order valence-electron chi connectivity index (χ0n) is 13.6. The number of aromatic nitrogens is 2. The highest BCUT2D eigenvalue weighted by atomic mass is 32.1. The van der Waals surface area contributed by atoms with Crippen molar-refractivity contribution in [2.45, 2.75) is 0 Å². The normalized spacial score (nSPS) is 11.1. The van der Waals surface area contributed by atoms with Gasteiger partial charge in [-0.1, -0.05) is 24.3 Å². The molecule has 0 unspecified atom stereocenters. The number of hydrogen-bond donors (Lipinski definition) is 1. The number of hydrazone groups is 1. The SMILES string of the molecule is O=C(N/N=C\c1cn(-c2ccccc2)nc1-c1ccco1)c1cccs1. The quantitative estimate of drug-likeness (QED) is 0.431. The highest BCUT2D eigenvalue weighted by Crippen LogP contribution is 2.23. The van der Waals surface area contributed by atoms with Crippen LogP contribution >= 0.6 is 11.3 Å². The first-order valence-electron chi connectivity index (χ1n) is 7.87. The standard InChI is InChI=1S/C19H14N4O2S/c24-19(17-9-5-11-26-17)21-20-12-14-13-23(15-6-2-1-3-7-15)22-18(14)16-8-4-10-25-16/h1-13H,(H,21,24)/b20-12-. The summed E-state index contributed by atoms with van der Waals surface area (Å²) in [6.45, 7) is 0. The highest BCUT2D eigenvalue weighted by molar-refractivity contribution is 7.12. The Balaban J connectivity index is 1.63. The van der Waals surface area contributed by atoms with Crippen LogP contribution < -0.4 is 5.43 Å². The van der Waals surface area contributed by atoms with Crippen LogP contribution in [0.3, 0.4) is 0 Å². The summed E-state index contributed by atoms with van der Waals surface area (Å²) < 4.78 is 7.22. The molecule has 0 spiro atoms. The number of carbonyl (C=O) groups is 1. The minimum atomic E-state index is -0.244. The number of hydrogen-bond acceptors (Lipinski definition) is 5. The van der Waals surface area contributed by atoms with E-state index in [4.69, 9.17) is 4.42 Å². The van der Waals surface area contributed by atoms with E-state index in [-0.39, 0.29) is 5.91 Å². The van der Waals surface area contributed by atoms with Crippen LogP contribution in [0.25, 0.3) is 17.1 Å². The molecule has 4 rings (SSSR count). The average molecular weight is 362 g/mol. The van der Waals surface area contributed by atoms with Crippen LogP contribution in [0.15, 0.2) is 82.0 Å². The van der Waals surface area contributed by atoms with Crippen molar-refractivity contribution in [2.75, 3.05) is 0 Å². The highest BCUT2D eigenvalue weighted by Gasteiger charge is 2.13. The maximum atomic E-state index is 12.0. The molecule has 7 heteroatoms. The van der Waals surface area contributed by atoms with E-state index in [0.29, 0.717) is 16.3 Å². The Morgan fingerprint density at radius 2 is 2.04 bits per heavy atom. The van der Waals surface area contributed by atoms with E-state index in [2.05, 4.69) is 15.6 Å². The van der Waals surface area contributed by atoms with Crippen LogP contribution in [0, 0.1) is 0 Å². The minimum Gasteiger partial charge on any atom is -0.463 e. The second kappa shape index (κ2) is 7.20. The lowest BCUT2D eigenvalue weighted by atomic mass is 10.2. The van der Waals surface area contributed by atoms with Crippen molar-refractivity contribution in [1.82, 2.24) is 15.2 Å². The maximum Gasteiger partial charge on any atom is 0.281 e. The Bertz CT molecular complexity index is 1020. The molecule has 1 aromatic carbocycles. The monoisotopic (exact) mass is 362 g/mol. The van der Waals surface area contributed by atoms with Gasteiger partial charge in [0.2, 0.25) is 0 Å². The van der Waals surface area contributed by atoms with E-state index in [0.717, 1.165) is 11.3 Å². The lowest BCUT2D eigenvalue weighted by molar-refractivity contribution is 0.0959. The summed E-state index contributed by atoms with van der Waals surface area (Å²) in [5.74, 6) is 0.386. The van der Waals surface area contributed by atoms with E-state index in [1.165, 1.54) is 11.3 Å². The average Bonchev–Trinajstić information content (AvgIpc) is 3.42. The van der Waals surface area contributed by atoms with Gasteiger partial charge in [0.1, 0.15) is 5.69 Å². The van der Waals surface area contributed by atoms with E-state index in [9.17, 15) is 4.79 Å². The van der Waals surface area contributed by atoms with Crippen molar-refractivity contribution in [1.29, 1.82) is 0 Å². The van der Waals surface area contributed by atoms with Crippen LogP contribution in [0.4, 0.5) is 0 Å². The Labute approximate surface area is 153 Å². The Morgan fingerprint density at radius 3 is 2.77 bits per heavy atom. The number of nitrogens with zero attached hydrogens (tertiary/aromatic N) is 3. The number of nitrogens with one attached hydrogen (secondary N) is 1. The molecule has 0 aliphatic carbocycles. The Kier molecular flexibility index (Phi) is 4.44. The van der Waals surface area contributed by atoms with Crippen molar-refractivity contribution in [3.8, 4) is 17.1 Å². The van der Waals surface area contributed by atoms with Gasteiger partial charge in [-0.25, -0.2) is 10.1 Å². The van der Waals surface area contributed by atoms with Crippen molar-refractivity contribution in [3.05, 3.63) is 82.9 Å². The molecular formula is C19H14N4O2S. The molecule has 6 nitrogen and oxygen atoms in total. The van der Waals surface area contributed by atoms with Crippen LogP contribution in [0.1, 0.15) is 15.2 Å². The number of furan rings is 1. The van der Waals surface area contributed by atoms with E-state index in [1.54, 1.807) is 29.3 Å². The van der Waals surface area contributed by atoms with Gasteiger partial charge in [0.15, 0.2) is 5.76 Å². The van der Waals surface area contributed by atoms with Crippen molar-refractivity contribution in [2.24, 2.45) is 5.10 Å².